The summed E-state index contributed by atoms with van der Waals surface area (Å²) < 4.78 is 19.7. The number of halogens is 1. The average molecular weight is 276 g/mol. The van der Waals surface area contributed by atoms with E-state index in [1.165, 1.54) is 12.8 Å². The van der Waals surface area contributed by atoms with Gasteiger partial charge in [-0.1, -0.05) is 0 Å². The van der Waals surface area contributed by atoms with Crippen LogP contribution in [0.15, 0.2) is 18.2 Å². The van der Waals surface area contributed by atoms with Crippen LogP contribution in [0.2, 0.25) is 0 Å². The van der Waals surface area contributed by atoms with Gasteiger partial charge in [-0.15, -0.1) is 0 Å². The topological polar surface area (TPSA) is 24.5 Å². The molecule has 2 aliphatic heterocycles. The third-order valence-corrected chi connectivity index (χ3v) is 4.52. The van der Waals surface area contributed by atoms with E-state index in [2.05, 4.69) is 16.3 Å². The normalized spacial score (nSPS) is 28.9. The standard InChI is InChI=1S/C16H21FN2O/c17-12-5-11(8-18-13-1-2-13)6-14(7-12)19-9-15-3-4-16(10-19)20-15/h5-7,13,15-16,18H,1-4,8-10H2. The second kappa shape index (κ2) is 5.01. The zero-order valence-corrected chi connectivity index (χ0v) is 11.6. The zero-order valence-electron chi connectivity index (χ0n) is 11.6. The van der Waals surface area contributed by atoms with Gasteiger partial charge in [-0.3, -0.25) is 0 Å². The second-order valence-electron chi connectivity index (χ2n) is 6.34. The van der Waals surface area contributed by atoms with Crippen LogP contribution in [0.4, 0.5) is 10.1 Å². The van der Waals surface area contributed by atoms with E-state index in [0.717, 1.165) is 43.7 Å². The molecule has 3 nitrogen and oxygen atoms in total. The molecular formula is C16H21FN2O. The Bertz CT molecular complexity index is 491. The van der Waals surface area contributed by atoms with Crippen molar-refractivity contribution in [1.82, 2.24) is 5.32 Å². The fraction of sp³-hybridized carbons (Fsp3) is 0.625. The second-order valence-corrected chi connectivity index (χ2v) is 6.34. The minimum Gasteiger partial charge on any atom is -0.371 e. The van der Waals surface area contributed by atoms with Crippen molar-refractivity contribution in [1.29, 1.82) is 0 Å². The molecule has 0 spiro atoms. The maximum Gasteiger partial charge on any atom is 0.125 e. The Morgan fingerprint density at radius 3 is 2.55 bits per heavy atom. The molecule has 20 heavy (non-hydrogen) atoms. The van der Waals surface area contributed by atoms with Crippen molar-refractivity contribution in [3.05, 3.63) is 29.6 Å². The molecular weight excluding hydrogens is 255 g/mol. The first-order chi connectivity index (χ1) is 9.76. The highest BCUT2D eigenvalue weighted by Gasteiger charge is 2.33. The fourth-order valence-corrected chi connectivity index (χ4v) is 3.29. The van der Waals surface area contributed by atoms with Crippen molar-refractivity contribution in [2.45, 2.75) is 50.5 Å². The maximum atomic E-state index is 13.8. The van der Waals surface area contributed by atoms with E-state index in [0.29, 0.717) is 18.2 Å². The molecule has 1 aromatic carbocycles. The first-order valence-electron chi connectivity index (χ1n) is 7.69. The summed E-state index contributed by atoms with van der Waals surface area (Å²) in [7, 11) is 0. The van der Waals surface area contributed by atoms with Crippen molar-refractivity contribution in [3.63, 3.8) is 0 Å². The zero-order chi connectivity index (χ0) is 13.5. The van der Waals surface area contributed by atoms with Crippen LogP contribution in [0.3, 0.4) is 0 Å². The lowest BCUT2D eigenvalue weighted by Gasteiger charge is -2.34. The van der Waals surface area contributed by atoms with Gasteiger partial charge in [0.15, 0.2) is 0 Å². The van der Waals surface area contributed by atoms with E-state index in [9.17, 15) is 4.39 Å². The lowest BCUT2D eigenvalue weighted by atomic mass is 10.1. The Hall–Kier alpha value is -1.13. The molecule has 0 radical (unpaired) electrons. The Morgan fingerprint density at radius 1 is 1.10 bits per heavy atom. The first-order valence-corrected chi connectivity index (χ1v) is 7.69. The van der Waals surface area contributed by atoms with Crippen molar-refractivity contribution < 1.29 is 9.13 Å². The molecule has 1 aromatic rings. The molecule has 2 atom stereocenters. The molecule has 4 rings (SSSR count). The predicted molar refractivity (Wildman–Crippen MR) is 76.4 cm³/mol. The molecule has 108 valence electrons. The molecule has 3 fully saturated rings. The van der Waals surface area contributed by atoms with Crippen molar-refractivity contribution in [3.8, 4) is 0 Å². The summed E-state index contributed by atoms with van der Waals surface area (Å²) in [6.07, 6.45) is 5.48. The predicted octanol–water partition coefficient (Wildman–Crippen LogP) is 2.45. The molecule has 2 unspecified atom stereocenters. The van der Waals surface area contributed by atoms with E-state index in [1.54, 1.807) is 12.1 Å². The number of anilines is 1. The molecule has 2 bridgehead atoms. The Balaban J connectivity index is 1.51. The highest BCUT2D eigenvalue weighted by molar-refractivity contribution is 5.50. The molecule has 1 N–H and O–H groups in total. The van der Waals surface area contributed by atoms with Gasteiger partial charge in [0.05, 0.1) is 12.2 Å². The van der Waals surface area contributed by atoms with Gasteiger partial charge < -0.3 is 15.0 Å². The average Bonchev–Trinajstić information content (AvgIpc) is 3.21. The summed E-state index contributed by atoms with van der Waals surface area (Å²) in [5.41, 5.74) is 2.06. The van der Waals surface area contributed by atoms with Gasteiger partial charge in [0.25, 0.3) is 0 Å². The van der Waals surface area contributed by atoms with Crippen LogP contribution in [0.1, 0.15) is 31.2 Å². The molecule has 0 amide bonds. The summed E-state index contributed by atoms with van der Waals surface area (Å²) in [6, 6.07) is 6.09. The quantitative estimate of drug-likeness (QED) is 0.914. The number of rotatable bonds is 4. The lowest BCUT2D eigenvalue weighted by Crippen LogP contribution is -2.42. The maximum absolute atomic E-state index is 13.8. The van der Waals surface area contributed by atoms with Crippen LogP contribution in [-0.2, 0) is 11.3 Å². The summed E-state index contributed by atoms with van der Waals surface area (Å²) in [5.74, 6) is -0.131. The van der Waals surface area contributed by atoms with Crippen LogP contribution in [0.25, 0.3) is 0 Å². The van der Waals surface area contributed by atoms with Gasteiger partial charge >= 0.3 is 0 Å². The molecule has 2 saturated heterocycles. The minimum atomic E-state index is -0.131. The number of nitrogens with one attached hydrogen (secondary N) is 1. The highest BCUT2D eigenvalue weighted by Crippen LogP contribution is 2.30. The summed E-state index contributed by atoms with van der Waals surface area (Å²) in [4.78, 5) is 2.29. The van der Waals surface area contributed by atoms with Crippen LogP contribution in [0, 0.1) is 5.82 Å². The number of nitrogens with zero attached hydrogens (tertiary/aromatic N) is 1. The summed E-state index contributed by atoms with van der Waals surface area (Å²) in [5, 5.41) is 3.45. The van der Waals surface area contributed by atoms with Crippen molar-refractivity contribution in [2.24, 2.45) is 0 Å². The molecule has 1 aliphatic carbocycles. The molecule has 2 heterocycles. The van der Waals surface area contributed by atoms with Gasteiger partial charge in [-0.2, -0.15) is 0 Å². The third kappa shape index (κ3) is 2.67. The van der Waals surface area contributed by atoms with Gasteiger partial charge in [0.1, 0.15) is 5.82 Å². The van der Waals surface area contributed by atoms with E-state index in [-0.39, 0.29) is 5.82 Å². The number of ether oxygens (including phenoxy) is 1. The lowest BCUT2D eigenvalue weighted by molar-refractivity contribution is 0.0305. The number of hydrogen-bond acceptors (Lipinski definition) is 3. The molecule has 4 heteroatoms. The smallest absolute Gasteiger partial charge is 0.125 e. The number of benzene rings is 1. The van der Waals surface area contributed by atoms with Crippen LogP contribution in [-0.4, -0.2) is 31.3 Å². The fourth-order valence-electron chi connectivity index (χ4n) is 3.29. The van der Waals surface area contributed by atoms with E-state index < -0.39 is 0 Å². The van der Waals surface area contributed by atoms with Crippen LogP contribution < -0.4 is 10.2 Å². The summed E-state index contributed by atoms with van der Waals surface area (Å²) >= 11 is 0. The minimum absolute atomic E-state index is 0.131. The van der Waals surface area contributed by atoms with Gasteiger partial charge in [-0.05, 0) is 49.4 Å². The SMILES string of the molecule is Fc1cc(CNC2CC2)cc(N2CC3CCC(C2)O3)c1. The van der Waals surface area contributed by atoms with Crippen LogP contribution >= 0.6 is 0 Å². The van der Waals surface area contributed by atoms with Gasteiger partial charge in [-0.25, -0.2) is 4.39 Å². The van der Waals surface area contributed by atoms with Crippen molar-refractivity contribution >= 4 is 5.69 Å². The van der Waals surface area contributed by atoms with Crippen LogP contribution in [0.5, 0.6) is 0 Å². The van der Waals surface area contributed by atoms with Gasteiger partial charge in [0, 0.05) is 31.4 Å². The van der Waals surface area contributed by atoms with E-state index >= 15 is 0 Å². The number of morpholine rings is 1. The largest absolute Gasteiger partial charge is 0.371 e. The Morgan fingerprint density at radius 2 is 1.85 bits per heavy atom. The first kappa shape index (κ1) is 12.6. The number of fused-ring (bicyclic) bond motifs is 2. The third-order valence-electron chi connectivity index (χ3n) is 4.52. The molecule has 1 saturated carbocycles. The van der Waals surface area contributed by atoms with E-state index in [1.807, 2.05) is 0 Å². The number of hydrogen-bond donors (Lipinski definition) is 1. The molecule has 3 aliphatic rings. The van der Waals surface area contributed by atoms with Gasteiger partial charge in [0.2, 0.25) is 0 Å². The Kier molecular flexibility index (Phi) is 3.15. The van der Waals surface area contributed by atoms with Crippen molar-refractivity contribution in [2.75, 3.05) is 18.0 Å². The monoisotopic (exact) mass is 276 g/mol. The molecule has 0 aromatic heterocycles. The Labute approximate surface area is 119 Å². The highest BCUT2D eigenvalue weighted by atomic mass is 19.1. The summed E-state index contributed by atoms with van der Waals surface area (Å²) in [6.45, 7) is 2.57. The van der Waals surface area contributed by atoms with E-state index in [4.69, 9.17) is 4.74 Å².